The second-order valence-electron chi connectivity index (χ2n) is 8.88. The van der Waals surface area contributed by atoms with Gasteiger partial charge in [0, 0.05) is 25.6 Å². The van der Waals surface area contributed by atoms with Crippen LogP contribution in [0.25, 0.3) is 0 Å². The van der Waals surface area contributed by atoms with Crippen LogP contribution >= 0.6 is 0 Å². The molecule has 2 aliphatic heterocycles. The Morgan fingerprint density at radius 3 is 2.42 bits per heavy atom. The predicted molar refractivity (Wildman–Crippen MR) is 112 cm³/mol. The Hall–Kier alpha value is -3.22. The molecule has 3 aliphatic rings. The number of terminal acetylenes is 1. The number of carbonyl (C=O) groups is 3. The lowest BCUT2D eigenvalue weighted by molar-refractivity contribution is -0.179. The minimum atomic E-state index is -4.46. The van der Waals surface area contributed by atoms with E-state index in [1.807, 2.05) is 0 Å². The number of nitrogens with one attached hydrogen (secondary N) is 1. The van der Waals surface area contributed by atoms with Crippen molar-refractivity contribution in [1.29, 1.82) is 0 Å². The van der Waals surface area contributed by atoms with Crippen molar-refractivity contribution >= 4 is 17.8 Å². The van der Waals surface area contributed by atoms with Gasteiger partial charge in [0.15, 0.2) is 5.54 Å². The Labute approximate surface area is 189 Å². The molecule has 1 saturated carbocycles. The molecule has 1 spiro atoms. The number of amides is 4. The first kappa shape index (κ1) is 23.0. The van der Waals surface area contributed by atoms with Crippen LogP contribution in [0.15, 0.2) is 24.3 Å². The van der Waals surface area contributed by atoms with Gasteiger partial charge in [-0.1, -0.05) is 12.1 Å². The van der Waals surface area contributed by atoms with Gasteiger partial charge in [0.05, 0.1) is 18.7 Å². The Morgan fingerprint density at radius 2 is 1.88 bits per heavy atom. The van der Waals surface area contributed by atoms with Gasteiger partial charge in [0.2, 0.25) is 5.91 Å². The summed E-state index contributed by atoms with van der Waals surface area (Å²) in [5.74, 6) is 2.24. The molecule has 33 heavy (non-hydrogen) atoms. The first-order chi connectivity index (χ1) is 15.6. The topological polar surface area (TPSA) is 73.0 Å². The summed E-state index contributed by atoms with van der Waals surface area (Å²) in [5, 5.41) is 2.51. The summed E-state index contributed by atoms with van der Waals surface area (Å²) in [6, 6.07) is 4.04. The van der Waals surface area contributed by atoms with E-state index in [1.54, 1.807) is 4.90 Å². The van der Waals surface area contributed by atoms with Crippen molar-refractivity contribution in [2.75, 3.05) is 26.7 Å². The number of benzene rings is 1. The maximum Gasteiger partial charge on any atom is 0.416 e. The van der Waals surface area contributed by atoms with Gasteiger partial charge in [0.25, 0.3) is 5.91 Å². The molecule has 176 valence electrons. The molecule has 7 nitrogen and oxygen atoms in total. The van der Waals surface area contributed by atoms with Gasteiger partial charge >= 0.3 is 12.2 Å². The fraction of sp³-hybridized carbons (Fsp3) is 0.522. The molecule has 0 bridgehead atoms. The number of hydrogen-bond acceptors (Lipinski definition) is 3. The van der Waals surface area contributed by atoms with Crippen molar-refractivity contribution in [3.8, 4) is 12.3 Å². The lowest BCUT2D eigenvalue weighted by atomic mass is 9.82. The van der Waals surface area contributed by atoms with Crippen LogP contribution in [0.3, 0.4) is 0 Å². The number of halogens is 3. The van der Waals surface area contributed by atoms with E-state index in [-0.39, 0.29) is 56.0 Å². The second kappa shape index (κ2) is 8.28. The molecule has 3 fully saturated rings. The van der Waals surface area contributed by atoms with Crippen molar-refractivity contribution in [2.45, 2.75) is 43.6 Å². The van der Waals surface area contributed by atoms with Gasteiger partial charge in [0.1, 0.15) is 6.54 Å². The van der Waals surface area contributed by atoms with Crippen molar-refractivity contribution in [3.63, 3.8) is 0 Å². The molecular formula is C23H25F3N4O3. The van der Waals surface area contributed by atoms with Crippen LogP contribution in [0.4, 0.5) is 18.0 Å². The Balaban J connectivity index is 1.59. The lowest BCUT2D eigenvalue weighted by Gasteiger charge is -2.58. The van der Waals surface area contributed by atoms with Gasteiger partial charge in [-0.25, -0.2) is 4.79 Å². The highest BCUT2D eigenvalue weighted by Crippen LogP contribution is 2.39. The molecule has 4 rings (SSSR count). The first-order valence-electron chi connectivity index (χ1n) is 10.8. The zero-order valence-electron chi connectivity index (χ0n) is 18.2. The predicted octanol–water partition coefficient (Wildman–Crippen LogP) is 2.07. The molecule has 1 aromatic carbocycles. The lowest BCUT2D eigenvalue weighted by Crippen LogP contribution is -2.82. The third-order valence-corrected chi connectivity index (χ3v) is 6.89. The fourth-order valence-electron chi connectivity index (χ4n) is 5.03. The molecule has 10 heteroatoms. The Kier molecular flexibility index (Phi) is 5.76. The number of nitrogens with zero attached hydrogens (tertiary/aromatic N) is 3. The van der Waals surface area contributed by atoms with Crippen molar-refractivity contribution in [3.05, 3.63) is 35.4 Å². The van der Waals surface area contributed by atoms with E-state index in [0.29, 0.717) is 18.4 Å². The zero-order valence-corrected chi connectivity index (χ0v) is 18.2. The van der Waals surface area contributed by atoms with E-state index in [4.69, 9.17) is 6.42 Å². The van der Waals surface area contributed by atoms with Crippen molar-refractivity contribution < 1.29 is 27.6 Å². The Morgan fingerprint density at radius 1 is 1.21 bits per heavy atom. The van der Waals surface area contributed by atoms with E-state index in [0.717, 1.165) is 18.6 Å². The van der Waals surface area contributed by atoms with Crippen LogP contribution in [0, 0.1) is 18.3 Å². The number of carbonyl (C=O) groups excluding carboxylic acids is 3. The number of alkyl halides is 3. The van der Waals surface area contributed by atoms with E-state index in [2.05, 4.69) is 11.2 Å². The molecule has 0 radical (unpaired) electrons. The van der Waals surface area contributed by atoms with E-state index >= 15 is 0 Å². The molecule has 2 heterocycles. The van der Waals surface area contributed by atoms with E-state index in [1.165, 1.54) is 29.0 Å². The minimum Gasteiger partial charge on any atom is -0.341 e. The van der Waals surface area contributed by atoms with Crippen LogP contribution in [-0.4, -0.2) is 70.8 Å². The molecule has 4 amide bonds. The highest BCUT2D eigenvalue weighted by molar-refractivity contribution is 6.00. The summed E-state index contributed by atoms with van der Waals surface area (Å²) in [7, 11) is 1.48. The molecule has 2 saturated heterocycles. The van der Waals surface area contributed by atoms with Crippen LogP contribution in [0.5, 0.6) is 0 Å². The third-order valence-electron chi connectivity index (χ3n) is 6.89. The molecule has 1 aromatic rings. The Bertz CT molecular complexity index is 996. The van der Waals surface area contributed by atoms with Gasteiger partial charge < -0.3 is 20.0 Å². The van der Waals surface area contributed by atoms with Gasteiger partial charge in [-0.3, -0.25) is 9.59 Å². The highest BCUT2D eigenvalue weighted by atomic mass is 19.4. The van der Waals surface area contributed by atoms with Crippen LogP contribution in [0.2, 0.25) is 0 Å². The SMILES string of the molecule is C#C[C@@H]1CC[C@@H](N2CC(=O)N(Cc3ccc(C(F)(F)F)cc3)C3(CN(C(=O)NC)C3)C2=O)C1. The molecule has 1 aliphatic carbocycles. The summed E-state index contributed by atoms with van der Waals surface area (Å²) in [5.41, 5.74) is -1.55. The van der Waals surface area contributed by atoms with Crippen molar-refractivity contribution in [1.82, 2.24) is 20.0 Å². The van der Waals surface area contributed by atoms with Crippen LogP contribution in [0.1, 0.15) is 30.4 Å². The van der Waals surface area contributed by atoms with Crippen LogP contribution < -0.4 is 5.32 Å². The normalized spacial score (nSPS) is 24.6. The zero-order chi connectivity index (χ0) is 24.0. The highest BCUT2D eigenvalue weighted by Gasteiger charge is 2.61. The summed E-state index contributed by atoms with van der Waals surface area (Å²) >= 11 is 0. The summed E-state index contributed by atoms with van der Waals surface area (Å²) < 4.78 is 38.7. The van der Waals surface area contributed by atoms with Gasteiger partial charge in [-0.15, -0.1) is 12.3 Å². The fourth-order valence-corrected chi connectivity index (χ4v) is 5.03. The smallest absolute Gasteiger partial charge is 0.341 e. The average Bonchev–Trinajstić information content (AvgIpc) is 3.23. The first-order valence-corrected chi connectivity index (χ1v) is 10.8. The monoisotopic (exact) mass is 462 g/mol. The number of hydrogen-bond donors (Lipinski definition) is 1. The second-order valence-corrected chi connectivity index (χ2v) is 8.88. The summed E-state index contributed by atoms with van der Waals surface area (Å²) in [6.07, 6.45) is 3.20. The van der Waals surface area contributed by atoms with Crippen LogP contribution in [-0.2, 0) is 22.3 Å². The molecule has 1 N–H and O–H groups in total. The molecule has 0 unspecified atom stereocenters. The molecule has 0 aromatic heterocycles. The number of rotatable bonds is 3. The maximum atomic E-state index is 13.7. The number of likely N-dealkylation sites (tertiary alicyclic amines) is 1. The minimum absolute atomic E-state index is 0.0181. The van der Waals surface area contributed by atoms with Gasteiger partial charge in [-0.2, -0.15) is 13.2 Å². The molecular weight excluding hydrogens is 437 g/mol. The van der Waals surface area contributed by atoms with Crippen molar-refractivity contribution in [2.24, 2.45) is 5.92 Å². The largest absolute Gasteiger partial charge is 0.416 e. The standard InChI is InChI=1S/C23H25F3N4O3/c1-3-15-6-9-18(10-15)29-12-19(31)30(11-16-4-7-17(8-5-16)23(24,25)26)22(20(29)32)13-28(14-22)21(33)27-2/h1,4-5,7-8,15,18H,6,9-14H2,2H3,(H,27,33)/t15-,18-/m1/s1. The summed E-state index contributed by atoms with van der Waals surface area (Å²) in [4.78, 5) is 43.4. The quantitative estimate of drug-likeness (QED) is 0.700. The maximum absolute atomic E-state index is 13.7. The van der Waals surface area contributed by atoms with E-state index in [9.17, 15) is 27.6 Å². The molecule has 2 atom stereocenters. The average molecular weight is 462 g/mol. The van der Waals surface area contributed by atoms with Gasteiger partial charge in [-0.05, 0) is 37.0 Å². The third kappa shape index (κ3) is 4.01. The van der Waals surface area contributed by atoms with E-state index < -0.39 is 17.3 Å². The summed E-state index contributed by atoms with van der Waals surface area (Å²) in [6.45, 7) is -0.0712. The number of urea groups is 1. The number of piperazine rings is 1.